The lowest BCUT2D eigenvalue weighted by molar-refractivity contribution is -0.131. The van der Waals surface area contributed by atoms with Crippen molar-refractivity contribution in [2.24, 2.45) is 0 Å². The standard InChI is InChI=1S/C24H30N2O3S/c27-24(25-17-5-1-2-6-18-25)16-13-20-11-14-22(15-12-20)30(28,29)26-19-7-9-21-8-3-4-10-23(21)26/h3-4,8,10-12,14-15H,1-2,5-7,9,13,16-19H2. The van der Waals surface area contributed by atoms with E-state index in [1.54, 1.807) is 12.1 Å². The highest BCUT2D eigenvalue weighted by atomic mass is 32.2. The second kappa shape index (κ2) is 9.21. The van der Waals surface area contributed by atoms with Crippen LogP contribution in [-0.2, 0) is 27.7 Å². The summed E-state index contributed by atoms with van der Waals surface area (Å²) in [6.45, 7) is 2.24. The Kier molecular flexibility index (Phi) is 6.42. The second-order valence-electron chi connectivity index (χ2n) is 8.25. The highest BCUT2D eigenvalue weighted by molar-refractivity contribution is 7.92. The van der Waals surface area contributed by atoms with E-state index >= 15 is 0 Å². The number of carbonyl (C=O) groups is 1. The van der Waals surface area contributed by atoms with Crippen molar-refractivity contribution in [3.8, 4) is 0 Å². The highest BCUT2D eigenvalue weighted by Gasteiger charge is 2.28. The molecule has 2 aromatic carbocycles. The average molecular weight is 427 g/mol. The largest absolute Gasteiger partial charge is 0.343 e. The van der Waals surface area contributed by atoms with Gasteiger partial charge in [0.25, 0.3) is 10.0 Å². The average Bonchev–Trinajstić information content (AvgIpc) is 3.07. The summed E-state index contributed by atoms with van der Waals surface area (Å²) in [6, 6.07) is 14.8. The fourth-order valence-corrected chi connectivity index (χ4v) is 5.97. The number of sulfonamides is 1. The topological polar surface area (TPSA) is 57.7 Å². The summed E-state index contributed by atoms with van der Waals surface area (Å²) in [6.07, 6.45) is 7.46. The highest BCUT2D eigenvalue weighted by Crippen LogP contribution is 2.31. The Morgan fingerprint density at radius 3 is 2.27 bits per heavy atom. The summed E-state index contributed by atoms with van der Waals surface area (Å²) in [5.41, 5.74) is 2.86. The molecule has 6 heteroatoms. The first-order valence-electron chi connectivity index (χ1n) is 11.0. The van der Waals surface area contributed by atoms with Crippen molar-refractivity contribution < 1.29 is 13.2 Å². The number of carbonyl (C=O) groups excluding carboxylic acids is 1. The first kappa shape index (κ1) is 20.9. The Balaban J connectivity index is 1.42. The van der Waals surface area contributed by atoms with Crippen LogP contribution >= 0.6 is 0 Å². The first-order chi connectivity index (χ1) is 14.6. The lowest BCUT2D eigenvalue weighted by atomic mass is 10.0. The smallest absolute Gasteiger partial charge is 0.264 e. The SMILES string of the molecule is O=C(CCc1ccc(S(=O)(=O)N2CCCc3ccccc32)cc1)N1CCCCCC1. The van der Waals surface area contributed by atoms with E-state index in [4.69, 9.17) is 0 Å². The molecule has 0 atom stereocenters. The molecule has 0 bridgehead atoms. The van der Waals surface area contributed by atoms with E-state index in [9.17, 15) is 13.2 Å². The van der Waals surface area contributed by atoms with Gasteiger partial charge in [0, 0.05) is 26.1 Å². The zero-order chi connectivity index (χ0) is 21.0. The quantitative estimate of drug-likeness (QED) is 0.721. The van der Waals surface area contributed by atoms with Crippen LogP contribution in [0, 0.1) is 0 Å². The molecule has 0 spiro atoms. The van der Waals surface area contributed by atoms with Gasteiger partial charge in [-0.3, -0.25) is 9.10 Å². The van der Waals surface area contributed by atoms with Gasteiger partial charge in [0.1, 0.15) is 0 Å². The lowest BCUT2D eigenvalue weighted by Crippen LogP contribution is -2.35. The molecule has 0 unspecified atom stereocenters. The summed E-state index contributed by atoms with van der Waals surface area (Å²) in [4.78, 5) is 14.8. The molecule has 0 aliphatic carbocycles. The Bertz CT molecular complexity index is 978. The predicted molar refractivity (Wildman–Crippen MR) is 119 cm³/mol. The van der Waals surface area contributed by atoms with Crippen molar-refractivity contribution in [2.75, 3.05) is 23.9 Å². The van der Waals surface area contributed by atoms with E-state index in [1.165, 1.54) is 17.1 Å². The van der Waals surface area contributed by atoms with E-state index in [0.29, 0.717) is 24.3 Å². The van der Waals surface area contributed by atoms with Crippen LogP contribution in [-0.4, -0.2) is 38.9 Å². The molecule has 0 aromatic heterocycles. The Hall–Kier alpha value is -2.34. The van der Waals surface area contributed by atoms with Crippen molar-refractivity contribution in [3.63, 3.8) is 0 Å². The number of hydrogen-bond donors (Lipinski definition) is 0. The van der Waals surface area contributed by atoms with E-state index in [2.05, 4.69) is 0 Å². The van der Waals surface area contributed by atoms with E-state index in [0.717, 1.165) is 55.6 Å². The van der Waals surface area contributed by atoms with Gasteiger partial charge in [-0.1, -0.05) is 43.2 Å². The Morgan fingerprint density at radius 1 is 0.833 bits per heavy atom. The van der Waals surface area contributed by atoms with Crippen LogP contribution in [0.4, 0.5) is 5.69 Å². The Labute approximate surface area is 179 Å². The molecular weight excluding hydrogens is 396 g/mol. The fourth-order valence-electron chi connectivity index (χ4n) is 4.43. The predicted octanol–water partition coefficient (Wildman–Crippen LogP) is 4.16. The molecule has 0 saturated carbocycles. The molecule has 1 fully saturated rings. The maximum atomic E-state index is 13.2. The number of amides is 1. The monoisotopic (exact) mass is 426 g/mol. The van der Waals surface area contributed by atoms with Crippen LogP contribution in [0.2, 0.25) is 0 Å². The van der Waals surface area contributed by atoms with Crippen molar-refractivity contribution >= 4 is 21.6 Å². The minimum absolute atomic E-state index is 0.207. The van der Waals surface area contributed by atoms with Crippen molar-refractivity contribution in [3.05, 3.63) is 59.7 Å². The zero-order valence-corrected chi connectivity index (χ0v) is 18.2. The molecule has 1 saturated heterocycles. The lowest BCUT2D eigenvalue weighted by Gasteiger charge is -2.30. The van der Waals surface area contributed by atoms with Gasteiger partial charge in [0.15, 0.2) is 0 Å². The van der Waals surface area contributed by atoms with Crippen LogP contribution in [0.5, 0.6) is 0 Å². The third-order valence-electron chi connectivity index (χ3n) is 6.17. The number of fused-ring (bicyclic) bond motifs is 1. The molecule has 1 amide bonds. The van der Waals surface area contributed by atoms with Gasteiger partial charge in [-0.15, -0.1) is 0 Å². The molecular formula is C24H30N2O3S. The fraction of sp³-hybridized carbons (Fsp3) is 0.458. The number of para-hydroxylation sites is 1. The van der Waals surface area contributed by atoms with Gasteiger partial charge in [-0.05, 0) is 61.4 Å². The van der Waals surface area contributed by atoms with E-state index in [1.807, 2.05) is 41.3 Å². The number of anilines is 1. The summed E-state index contributed by atoms with van der Waals surface area (Å²) in [5.74, 6) is 0.207. The molecule has 2 aromatic rings. The van der Waals surface area contributed by atoms with Crippen molar-refractivity contribution in [1.82, 2.24) is 4.90 Å². The molecule has 30 heavy (non-hydrogen) atoms. The molecule has 2 aliphatic rings. The number of nitrogens with zero attached hydrogens (tertiary/aromatic N) is 2. The van der Waals surface area contributed by atoms with Crippen LogP contribution < -0.4 is 4.31 Å². The van der Waals surface area contributed by atoms with E-state index in [-0.39, 0.29) is 5.91 Å². The second-order valence-corrected chi connectivity index (χ2v) is 10.1. The van der Waals surface area contributed by atoms with Gasteiger partial charge < -0.3 is 4.90 Å². The van der Waals surface area contributed by atoms with Gasteiger partial charge >= 0.3 is 0 Å². The summed E-state index contributed by atoms with van der Waals surface area (Å²) >= 11 is 0. The van der Waals surface area contributed by atoms with E-state index < -0.39 is 10.0 Å². The minimum Gasteiger partial charge on any atom is -0.343 e. The first-order valence-corrected chi connectivity index (χ1v) is 12.5. The summed E-state index contributed by atoms with van der Waals surface area (Å²) in [7, 11) is -3.59. The Morgan fingerprint density at radius 2 is 1.53 bits per heavy atom. The van der Waals surface area contributed by atoms with Gasteiger partial charge in [-0.25, -0.2) is 8.42 Å². The van der Waals surface area contributed by atoms with Crippen LogP contribution in [0.1, 0.15) is 49.7 Å². The van der Waals surface area contributed by atoms with Crippen LogP contribution in [0.3, 0.4) is 0 Å². The van der Waals surface area contributed by atoms with Crippen LogP contribution in [0.25, 0.3) is 0 Å². The number of rotatable bonds is 5. The number of aryl methyl sites for hydroxylation is 2. The molecule has 0 N–H and O–H groups in total. The summed E-state index contributed by atoms with van der Waals surface area (Å²) in [5, 5.41) is 0. The van der Waals surface area contributed by atoms with Crippen molar-refractivity contribution in [2.45, 2.75) is 56.3 Å². The molecule has 4 rings (SSSR count). The molecule has 2 aliphatic heterocycles. The number of likely N-dealkylation sites (tertiary alicyclic amines) is 1. The molecule has 2 heterocycles. The van der Waals surface area contributed by atoms with Crippen molar-refractivity contribution in [1.29, 1.82) is 0 Å². The maximum Gasteiger partial charge on any atom is 0.264 e. The molecule has 0 radical (unpaired) electrons. The number of hydrogen-bond acceptors (Lipinski definition) is 3. The van der Waals surface area contributed by atoms with Gasteiger partial charge in [0.05, 0.1) is 10.6 Å². The van der Waals surface area contributed by atoms with Gasteiger partial charge in [-0.2, -0.15) is 0 Å². The zero-order valence-electron chi connectivity index (χ0n) is 17.4. The third kappa shape index (κ3) is 4.53. The van der Waals surface area contributed by atoms with Crippen LogP contribution in [0.15, 0.2) is 53.4 Å². The molecule has 5 nitrogen and oxygen atoms in total. The summed E-state index contributed by atoms with van der Waals surface area (Å²) < 4.78 is 28.0. The number of benzene rings is 2. The normalized spacial score (nSPS) is 17.3. The van der Waals surface area contributed by atoms with Gasteiger partial charge in [0.2, 0.25) is 5.91 Å². The minimum atomic E-state index is -3.59. The third-order valence-corrected chi connectivity index (χ3v) is 7.99. The molecule has 160 valence electrons. The maximum absolute atomic E-state index is 13.2.